The summed E-state index contributed by atoms with van der Waals surface area (Å²) in [6.45, 7) is 7.38. The molecule has 5 heteroatoms. The molecule has 0 aromatic heterocycles. The minimum atomic E-state index is -0.609. The number of carbonyl (C=O) groups is 2. The Morgan fingerprint density at radius 1 is 1.16 bits per heavy atom. The highest BCUT2D eigenvalue weighted by Gasteiger charge is 2.40. The van der Waals surface area contributed by atoms with Crippen LogP contribution >= 0.6 is 0 Å². The van der Waals surface area contributed by atoms with Gasteiger partial charge < -0.3 is 10.2 Å². The number of nitrogens with zero attached hydrogens (tertiary/aromatic N) is 1. The average Bonchev–Trinajstić information content (AvgIpc) is 2.29. The van der Waals surface area contributed by atoms with Crippen LogP contribution in [0.5, 0.6) is 0 Å². The molecule has 0 spiro atoms. The predicted octanol–water partition coefficient (Wildman–Crippen LogP) is 1.74. The molecule has 2 unspecified atom stereocenters. The van der Waals surface area contributed by atoms with Crippen LogP contribution in [-0.4, -0.2) is 42.0 Å². The van der Waals surface area contributed by atoms with Gasteiger partial charge in [-0.3, -0.25) is 9.59 Å². The molecular weight excluding hydrogens is 247 g/mol. The van der Waals surface area contributed by atoms with Crippen molar-refractivity contribution in [3.8, 4) is 0 Å². The molecule has 110 valence electrons. The Morgan fingerprint density at radius 3 is 2.21 bits per heavy atom. The molecule has 2 atom stereocenters. The number of piperazine rings is 1. The van der Waals surface area contributed by atoms with Crippen molar-refractivity contribution in [2.75, 3.05) is 13.2 Å². The number of hydrogen-bond donors (Lipinski definition) is 1. The third-order valence-corrected chi connectivity index (χ3v) is 3.30. The van der Waals surface area contributed by atoms with E-state index in [2.05, 4.69) is 5.32 Å². The molecule has 4 nitrogen and oxygen atoms in total. The van der Waals surface area contributed by atoms with Gasteiger partial charge >= 0.3 is 0 Å². The highest BCUT2D eigenvalue weighted by molar-refractivity contribution is 5.96. The summed E-state index contributed by atoms with van der Waals surface area (Å²) in [4.78, 5) is 25.9. The number of hydrogen-bond acceptors (Lipinski definition) is 2. The predicted molar refractivity (Wildman–Crippen MR) is 72.3 cm³/mol. The van der Waals surface area contributed by atoms with Gasteiger partial charge in [-0.2, -0.15) is 0 Å². The summed E-state index contributed by atoms with van der Waals surface area (Å²) < 4.78 is 12.7. The van der Waals surface area contributed by atoms with Crippen molar-refractivity contribution in [3.05, 3.63) is 0 Å². The summed E-state index contributed by atoms with van der Waals surface area (Å²) >= 11 is 0. The molecule has 0 aromatic carbocycles. The molecule has 0 aliphatic carbocycles. The van der Waals surface area contributed by atoms with Crippen LogP contribution in [0, 0.1) is 11.8 Å². The van der Waals surface area contributed by atoms with Gasteiger partial charge in [0.1, 0.15) is 18.8 Å². The Balaban J connectivity index is 2.86. The molecule has 2 amide bonds. The topological polar surface area (TPSA) is 49.4 Å². The lowest BCUT2D eigenvalue weighted by Gasteiger charge is -2.39. The van der Waals surface area contributed by atoms with Crippen molar-refractivity contribution >= 4 is 11.8 Å². The van der Waals surface area contributed by atoms with Gasteiger partial charge in [0.25, 0.3) is 0 Å². The normalized spacial score (nSPS) is 24.3. The molecule has 19 heavy (non-hydrogen) atoms. The van der Waals surface area contributed by atoms with Gasteiger partial charge in [0, 0.05) is 6.54 Å². The molecule has 0 bridgehead atoms. The fourth-order valence-corrected chi connectivity index (χ4v) is 2.49. The van der Waals surface area contributed by atoms with E-state index in [-0.39, 0.29) is 24.3 Å². The smallest absolute Gasteiger partial charge is 0.245 e. The maximum Gasteiger partial charge on any atom is 0.245 e. The summed E-state index contributed by atoms with van der Waals surface area (Å²) in [6, 6.07) is -1.02. The first kappa shape index (κ1) is 15.9. The van der Waals surface area contributed by atoms with Crippen LogP contribution in [0.2, 0.25) is 0 Å². The summed E-state index contributed by atoms with van der Waals surface area (Å²) in [5.41, 5.74) is 0. The lowest BCUT2D eigenvalue weighted by molar-refractivity contribution is -0.150. The minimum Gasteiger partial charge on any atom is -0.342 e. The maximum atomic E-state index is 12.7. The van der Waals surface area contributed by atoms with E-state index in [0.717, 1.165) is 0 Å². The zero-order chi connectivity index (χ0) is 14.6. The first-order valence-electron chi connectivity index (χ1n) is 7.03. The van der Waals surface area contributed by atoms with Gasteiger partial charge in [-0.15, -0.1) is 0 Å². The molecule has 1 fully saturated rings. The number of rotatable bonds is 6. The fourth-order valence-electron chi connectivity index (χ4n) is 2.49. The highest BCUT2D eigenvalue weighted by atomic mass is 19.1. The maximum absolute atomic E-state index is 12.7. The van der Waals surface area contributed by atoms with Crippen LogP contribution < -0.4 is 5.32 Å². The lowest BCUT2D eigenvalue weighted by Crippen LogP contribution is -2.64. The van der Waals surface area contributed by atoms with E-state index in [0.29, 0.717) is 18.8 Å². The average molecular weight is 272 g/mol. The third-order valence-electron chi connectivity index (χ3n) is 3.30. The zero-order valence-electron chi connectivity index (χ0n) is 12.3. The van der Waals surface area contributed by atoms with E-state index in [1.54, 1.807) is 0 Å². The van der Waals surface area contributed by atoms with Crippen molar-refractivity contribution in [1.29, 1.82) is 0 Å². The molecule has 0 saturated carbocycles. The quantitative estimate of drug-likeness (QED) is 0.800. The second-order valence-corrected chi connectivity index (χ2v) is 6.06. The van der Waals surface area contributed by atoms with E-state index < -0.39 is 18.8 Å². The molecule has 1 aliphatic heterocycles. The summed E-state index contributed by atoms with van der Waals surface area (Å²) in [5, 5.41) is 2.79. The van der Waals surface area contributed by atoms with Crippen LogP contribution in [0.4, 0.5) is 4.39 Å². The van der Waals surface area contributed by atoms with Gasteiger partial charge in [0.2, 0.25) is 11.8 Å². The van der Waals surface area contributed by atoms with Crippen LogP contribution in [0.25, 0.3) is 0 Å². The van der Waals surface area contributed by atoms with Gasteiger partial charge in [-0.25, -0.2) is 4.39 Å². The first-order valence-corrected chi connectivity index (χ1v) is 7.03. The van der Waals surface area contributed by atoms with E-state index in [1.807, 2.05) is 27.7 Å². The van der Waals surface area contributed by atoms with E-state index in [1.165, 1.54) is 4.90 Å². The van der Waals surface area contributed by atoms with Crippen LogP contribution in [0.3, 0.4) is 0 Å². The molecular formula is C14H25FN2O2. The second-order valence-electron chi connectivity index (χ2n) is 6.06. The molecule has 1 rings (SSSR count). The first-order chi connectivity index (χ1) is 8.86. The SMILES string of the molecule is CC(C)CC1NC(=O)C(CC(C)C)N(CCF)C1=O. The minimum absolute atomic E-state index is 0.0121. The standard InChI is InChI=1S/C14H25FN2O2/c1-9(2)7-11-14(19)17(6-5-15)12(8-10(3)4)13(18)16-11/h9-12H,5-8H2,1-4H3,(H,16,18). The molecule has 1 N–H and O–H groups in total. The van der Waals surface area contributed by atoms with E-state index in [4.69, 9.17) is 0 Å². The molecule has 1 aliphatic rings. The number of halogens is 1. The number of carbonyl (C=O) groups excluding carboxylic acids is 2. The molecule has 1 heterocycles. The Hall–Kier alpha value is -1.13. The highest BCUT2D eigenvalue weighted by Crippen LogP contribution is 2.20. The van der Waals surface area contributed by atoms with E-state index >= 15 is 0 Å². The van der Waals surface area contributed by atoms with Crippen molar-refractivity contribution in [3.63, 3.8) is 0 Å². The number of nitrogens with one attached hydrogen (secondary N) is 1. The largest absolute Gasteiger partial charge is 0.342 e. The van der Waals surface area contributed by atoms with Gasteiger partial charge in [0.15, 0.2) is 0 Å². The third kappa shape index (κ3) is 4.18. The second kappa shape index (κ2) is 6.87. The fraction of sp³-hybridized carbons (Fsp3) is 0.857. The Labute approximate surface area is 114 Å². The van der Waals surface area contributed by atoms with Crippen molar-refractivity contribution in [1.82, 2.24) is 10.2 Å². The molecule has 1 saturated heterocycles. The Bertz CT molecular complexity index is 331. The lowest BCUT2D eigenvalue weighted by atomic mass is 9.94. The van der Waals surface area contributed by atoms with Gasteiger partial charge in [-0.1, -0.05) is 27.7 Å². The van der Waals surface area contributed by atoms with Gasteiger partial charge in [0.05, 0.1) is 0 Å². The van der Waals surface area contributed by atoms with Crippen molar-refractivity contribution in [2.24, 2.45) is 11.8 Å². The Morgan fingerprint density at radius 2 is 1.74 bits per heavy atom. The summed E-state index contributed by atoms with van der Waals surface area (Å²) in [5.74, 6) is 0.305. The summed E-state index contributed by atoms with van der Waals surface area (Å²) in [6.07, 6.45) is 1.17. The van der Waals surface area contributed by atoms with Crippen molar-refractivity contribution < 1.29 is 14.0 Å². The van der Waals surface area contributed by atoms with Crippen LogP contribution in [-0.2, 0) is 9.59 Å². The Kier molecular flexibility index (Phi) is 5.76. The zero-order valence-corrected chi connectivity index (χ0v) is 12.3. The van der Waals surface area contributed by atoms with Crippen molar-refractivity contribution in [2.45, 2.75) is 52.6 Å². The number of alkyl halides is 1. The van der Waals surface area contributed by atoms with E-state index in [9.17, 15) is 14.0 Å². The van der Waals surface area contributed by atoms with Gasteiger partial charge in [-0.05, 0) is 24.7 Å². The monoisotopic (exact) mass is 272 g/mol. The number of amides is 2. The summed E-state index contributed by atoms with van der Waals surface area (Å²) in [7, 11) is 0. The van der Waals surface area contributed by atoms with Crippen LogP contribution in [0.15, 0.2) is 0 Å². The molecule has 0 radical (unpaired) electrons. The van der Waals surface area contributed by atoms with Crippen LogP contribution in [0.1, 0.15) is 40.5 Å². The molecule has 0 aromatic rings.